The minimum atomic E-state index is -1.38. The molecule has 48 heavy (non-hydrogen) atoms. The molecule has 7 aliphatic rings. The van der Waals surface area contributed by atoms with E-state index in [1.54, 1.807) is 13.0 Å². The summed E-state index contributed by atoms with van der Waals surface area (Å²) in [6, 6.07) is 0. The highest BCUT2D eigenvalue weighted by atomic mass is 16.6. The summed E-state index contributed by atoms with van der Waals surface area (Å²) in [6.45, 7) is 8.26. The summed E-state index contributed by atoms with van der Waals surface area (Å²) in [7, 11) is 0. The third kappa shape index (κ3) is 5.10. The van der Waals surface area contributed by atoms with E-state index >= 15 is 0 Å². The summed E-state index contributed by atoms with van der Waals surface area (Å²) in [6.07, 6.45) is 12.8. The number of carbonyl (C=O) groups is 1. The lowest BCUT2D eigenvalue weighted by Crippen LogP contribution is -2.63. The van der Waals surface area contributed by atoms with Crippen LogP contribution in [0.25, 0.3) is 0 Å². The molecule has 0 radical (unpaired) electrons. The number of rotatable bonds is 9. The SMILES string of the molecule is C[C@](O)([C@@H]1O[C@@H]1[C@](C)(O)[C@](C)(CO)CCC1CCNC(N)C1)[C@H]1CC[C@@]2(O)C3=CC(=O)[C@H]4C[C@@H](O)CC[C@]4(C4CCCC4)[C@@H]3CC[C@]12C. The molecule has 8 N–H and O–H groups in total. The Morgan fingerprint density at radius 1 is 0.979 bits per heavy atom. The van der Waals surface area contributed by atoms with Gasteiger partial charge in [-0.1, -0.05) is 26.7 Å². The summed E-state index contributed by atoms with van der Waals surface area (Å²) in [5.41, 5.74) is 1.40. The maximum absolute atomic E-state index is 14.0. The summed E-state index contributed by atoms with van der Waals surface area (Å²) in [4.78, 5) is 14.0. The number of nitrogens with one attached hydrogen (secondary N) is 1. The van der Waals surface area contributed by atoms with Gasteiger partial charge in [-0.15, -0.1) is 0 Å². The quantitative estimate of drug-likeness (QED) is 0.181. The van der Waals surface area contributed by atoms with Crippen molar-refractivity contribution in [1.82, 2.24) is 5.32 Å². The van der Waals surface area contributed by atoms with Gasteiger partial charge >= 0.3 is 0 Å². The fourth-order valence-electron chi connectivity index (χ4n) is 13.0. The number of nitrogens with two attached hydrogens (primary N) is 1. The Kier molecular flexibility index (Phi) is 8.93. The number of aliphatic hydroxyl groups excluding tert-OH is 2. The number of piperidine rings is 1. The fraction of sp³-hybridized carbons (Fsp3) is 0.923. The Bertz CT molecular complexity index is 1280. The molecule has 272 valence electrons. The van der Waals surface area contributed by atoms with Crippen LogP contribution in [-0.4, -0.2) is 85.7 Å². The van der Waals surface area contributed by atoms with Gasteiger partial charge in [0, 0.05) is 16.7 Å². The molecule has 9 heteroatoms. The van der Waals surface area contributed by atoms with Gasteiger partial charge in [0.1, 0.15) is 12.2 Å². The van der Waals surface area contributed by atoms with Gasteiger partial charge in [0.2, 0.25) is 0 Å². The number of aliphatic hydroxyl groups is 5. The number of ether oxygens (including phenoxy) is 1. The molecule has 9 nitrogen and oxygen atoms in total. The van der Waals surface area contributed by atoms with Crippen molar-refractivity contribution in [1.29, 1.82) is 0 Å². The number of ketones is 1. The predicted molar refractivity (Wildman–Crippen MR) is 182 cm³/mol. The monoisotopic (exact) mass is 672 g/mol. The van der Waals surface area contributed by atoms with E-state index in [4.69, 9.17) is 10.5 Å². The molecule has 7 rings (SSSR count). The molecule has 2 heterocycles. The Morgan fingerprint density at radius 3 is 2.40 bits per heavy atom. The first-order valence-electron chi connectivity index (χ1n) is 19.4. The lowest BCUT2D eigenvalue weighted by atomic mass is 9.42. The largest absolute Gasteiger partial charge is 0.396 e. The van der Waals surface area contributed by atoms with Gasteiger partial charge in [0.15, 0.2) is 5.78 Å². The minimum Gasteiger partial charge on any atom is -0.396 e. The van der Waals surface area contributed by atoms with Crippen molar-refractivity contribution in [3.8, 4) is 0 Å². The zero-order chi connectivity index (χ0) is 34.5. The van der Waals surface area contributed by atoms with E-state index in [-0.39, 0.29) is 41.7 Å². The van der Waals surface area contributed by atoms with Crippen molar-refractivity contribution >= 4 is 5.78 Å². The highest BCUT2D eigenvalue weighted by Crippen LogP contribution is 2.71. The zero-order valence-electron chi connectivity index (χ0n) is 29.9. The standard InChI is InChI=1S/C39H64N2O7/c1-34(22-42,14-9-23-13-18-41-31(40)19-23)37(4,46)33-32(48-33)36(3,45)30-12-17-39(47)27-21-29(44)28-20-25(43)10-16-38(28,24-7-5-6-8-24)26(27)11-15-35(30,39)2/h21,23-26,28,30-33,41-43,45-47H,5-20,22,40H2,1-4H3/t23?,25-,26+,28+,30-,31?,32+,33-,34-,35+,36+,37-,38-,39+/m0/s1. The molecule has 6 fully saturated rings. The van der Waals surface area contributed by atoms with E-state index in [1.807, 2.05) is 13.8 Å². The van der Waals surface area contributed by atoms with Crippen LogP contribution < -0.4 is 11.1 Å². The molecular formula is C39H64N2O7. The van der Waals surface area contributed by atoms with E-state index in [9.17, 15) is 30.3 Å². The van der Waals surface area contributed by atoms with Gasteiger partial charge in [-0.25, -0.2) is 0 Å². The second-order valence-corrected chi connectivity index (χ2v) is 18.6. The van der Waals surface area contributed by atoms with E-state index in [1.165, 1.54) is 12.8 Å². The topological polar surface area (TPSA) is 169 Å². The maximum Gasteiger partial charge on any atom is 0.159 e. The Morgan fingerprint density at radius 2 is 1.71 bits per heavy atom. The van der Waals surface area contributed by atoms with Crippen LogP contribution >= 0.6 is 0 Å². The molecule has 0 aromatic heterocycles. The first-order valence-corrected chi connectivity index (χ1v) is 19.4. The predicted octanol–water partition coefficient (Wildman–Crippen LogP) is 3.72. The van der Waals surface area contributed by atoms with Crippen LogP contribution in [0, 0.1) is 45.8 Å². The lowest BCUT2D eigenvalue weighted by molar-refractivity contribution is -0.163. The van der Waals surface area contributed by atoms with Gasteiger partial charge in [0.25, 0.3) is 0 Å². The second-order valence-electron chi connectivity index (χ2n) is 18.6. The zero-order valence-corrected chi connectivity index (χ0v) is 29.9. The van der Waals surface area contributed by atoms with Crippen LogP contribution in [0.2, 0.25) is 0 Å². The van der Waals surface area contributed by atoms with Crippen LogP contribution in [0.1, 0.15) is 124 Å². The Labute approximate surface area is 287 Å². The van der Waals surface area contributed by atoms with E-state index in [0.29, 0.717) is 37.5 Å². The third-order valence-corrected chi connectivity index (χ3v) is 16.3. The highest BCUT2D eigenvalue weighted by molar-refractivity contribution is 5.95. The molecule has 2 saturated heterocycles. The van der Waals surface area contributed by atoms with Crippen LogP contribution in [-0.2, 0) is 9.53 Å². The van der Waals surface area contributed by atoms with Crippen molar-refractivity contribution in [3.63, 3.8) is 0 Å². The second kappa shape index (κ2) is 12.1. The van der Waals surface area contributed by atoms with Crippen LogP contribution in [0.3, 0.4) is 0 Å². The third-order valence-electron chi connectivity index (χ3n) is 16.3. The maximum atomic E-state index is 14.0. The molecule has 14 atom stereocenters. The van der Waals surface area contributed by atoms with Crippen molar-refractivity contribution in [2.75, 3.05) is 13.2 Å². The Hall–Kier alpha value is -0.910. The first-order chi connectivity index (χ1) is 22.5. The molecule has 0 aromatic rings. The molecule has 0 amide bonds. The molecule has 5 aliphatic carbocycles. The lowest BCUT2D eigenvalue weighted by Gasteiger charge is -2.62. The first kappa shape index (κ1) is 35.5. The average molecular weight is 673 g/mol. The van der Waals surface area contributed by atoms with Crippen LogP contribution in [0.15, 0.2) is 11.6 Å². The average Bonchev–Trinajstić information content (AvgIpc) is 3.60. The molecule has 0 spiro atoms. The number of epoxide rings is 1. The number of fused-ring (bicyclic) bond motifs is 5. The van der Waals surface area contributed by atoms with Crippen LogP contribution in [0.4, 0.5) is 0 Å². The molecule has 4 saturated carbocycles. The Balaban J connectivity index is 1.12. The number of hydrogen-bond acceptors (Lipinski definition) is 9. The van der Waals surface area contributed by atoms with Crippen molar-refractivity contribution in [2.45, 2.75) is 165 Å². The number of allylic oxidation sites excluding steroid dienone is 1. The van der Waals surface area contributed by atoms with Gasteiger partial charge in [-0.2, -0.15) is 0 Å². The minimum absolute atomic E-state index is 0.0231. The molecule has 0 aromatic carbocycles. The number of carbonyl (C=O) groups excluding carboxylic acids is 1. The normalized spacial score (nSPS) is 48.4. The van der Waals surface area contributed by atoms with Crippen LogP contribution in [0.5, 0.6) is 0 Å². The van der Waals surface area contributed by atoms with Gasteiger partial charge in [-0.3, -0.25) is 4.79 Å². The van der Waals surface area contributed by atoms with Crippen molar-refractivity contribution < 1.29 is 35.1 Å². The molecule has 2 unspecified atom stereocenters. The molecular weight excluding hydrogens is 608 g/mol. The summed E-state index contributed by atoms with van der Waals surface area (Å²) < 4.78 is 6.25. The van der Waals surface area contributed by atoms with Gasteiger partial charge in [0.05, 0.1) is 35.7 Å². The fourth-order valence-corrected chi connectivity index (χ4v) is 13.0. The highest BCUT2D eigenvalue weighted by Gasteiger charge is 2.73. The van der Waals surface area contributed by atoms with Gasteiger partial charge < -0.3 is 41.3 Å². The smallest absolute Gasteiger partial charge is 0.159 e. The molecule has 2 aliphatic heterocycles. The summed E-state index contributed by atoms with van der Waals surface area (Å²) in [5, 5.41) is 62.0. The van der Waals surface area contributed by atoms with Gasteiger partial charge in [-0.05, 0) is 145 Å². The van der Waals surface area contributed by atoms with Crippen molar-refractivity contribution in [3.05, 3.63) is 11.6 Å². The van der Waals surface area contributed by atoms with E-state index < -0.39 is 45.9 Å². The van der Waals surface area contributed by atoms with E-state index in [0.717, 1.165) is 69.9 Å². The number of hydrogen-bond donors (Lipinski definition) is 7. The van der Waals surface area contributed by atoms with Crippen molar-refractivity contribution in [2.24, 2.45) is 51.6 Å². The summed E-state index contributed by atoms with van der Waals surface area (Å²) >= 11 is 0. The van der Waals surface area contributed by atoms with E-state index in [2.05, 4.69) is 12.2 Å². The molecule has 0 bridgehead atoms. The summed E-state index contributed by atoms with van der Waals surface area (Å²) in [5.74, 6) is 0.579.